The number of nitrogens with one attached hydrogen (secondary N) is 1. The number of rotatable bonds is 3. The highest BCUT2D eigenvalue weighted by Gasteiger charge is 2.61. The summed E-state index contributed by atoms with van der Waals surface area (Å²) >= 11 is 0. The Morgan fingerprint density at radius 3 is 2.55 bits per heavy atom. The van der Waals surface area contributed by atoms with Gasteiger partial charge in [0.15, 0.2) is 0 Å². The molecule has 0 radical (unpaired) electrons. The molecule has 2 heterocycles. The molecule has 6 nitrogen and oxygen atoms in total. The highest BCUT2D eigenvalue weighted by molar-refractivity contribution is 6.01. The molecule has 29 heavy (non-hydrogen) atoms. The van der Waals surface area contributed by atoms with Crippen LogP contribution in [0.25, 0.3) is 0 Å². The number of anilines is 1. The number of amides is 2. The zero-order valence-corrected chi connectivity index (χ0v) is 15.3. The molecule has 2 aromatic rings. The van der Waals surface area contributed by atoms with Gasteiger partial charge >= 0.3 is 6.18 Å². The van der Waals surface area contributed by atoms with Crippen LogP contribution in [0.15, 0.2) is 30.6 Å². The minimum atomic E-state index is -4.59. The fourth-order valence-corrected chi connectivity index (χ4v) is 3.61. The van der Waals surface area contributed by atoms with Gasteiger partial charge in [0.05, 0.1) is 5.56 Å². The molecule has 2 amide bonds. The van der Waals surface area contributed by atoms with Crippen LogP contribution in [-0.4, -0.2) is 45.9 Å². The molecule has 1 aromatic heterocycles. The predicted molar refractivity (Wildman–Crippen MR) is 93.9 cm³/mol. The number of nitrogens with zero attached hydrogens (tertiary/aromatic N) is 3. The molecule has 0 unspecified atom stereocenters. The van der Waals surface area contributed by atoms with E-state index in [1.165, 1.54) is 12.4 Å². The van der Waals surface area contributed by atoms with Gasteiger partial charge in [-0.05, 0) is 42.7 Å². The van der Waals surface area contributed by atoms with Crippen LogP contribution in [-0.2, 0) is 16.4 Å². The maximum atomic E-state index is 14.2. The molecule has 2 aliphatic rings. The molecule has 1 saturated carbocycles. The van der Waals surface area contributed by atoms with Gasteiger partial charge in [-0.3, -0.25) is 14.9 Å². The Kier molecular flexibility index (Phi) is 4.32. The molecule has 1 aromatic carbocycles. The normalized spacial score (nSPS) is 23.1. The zero-order chi connectivity index (χ0) is 21.0. The van der Waals surface area contributed by atoms with Crippen molar-refractivity contribution >= 4 is 17.8 Å². The van der Waals surface area contributed by atoms with Crippen LogP contribution >= 0.6 is 0 Å². The molecule has 1 spiro atoms. The molecule has 0 saturated heterocycles. The molecule has 2 atom stereocenters. The number of aryl methyl sites for hydroxylation is 1. The molecule has 1 aliphatic heterocycles. The van der Waals surface area contributed by atoms with Crippen LogP contribution in [0.3, 0.4) is 0 Å². The second kappa shape index (κ2) is 6.50. The summed E-state index contributed by atoms with van der Waals surface area (Å²) in [6, 6.07) is 2.70. The van der Waals surface area contributed by atoms with E-state index >= 15 is 0 Å². The molecule has 0 bridgehead atoms. The van der Waals surface area contributed by atoms with Gasteiger partial charge in [0, 0.05) is 29.9 Å². The number of aromatic nitrogens is 2. The van der Waals surface area contributed by atoms with E-state index in [1.54, 1.807) is 6.92 Å². The molecule has 4 rings (SSSR count). The molecule has 1 fully saturated rings. The minimum Gasteiger partial charge on any atom is -0.328 e. The number of fused-ring (bicyclic) bond motifs is 2. The molecular formula is C19H16F4N4O2. The summed E-state index contributed by atoms with van der Waals surface area (Å²) in [5.74, 6) is -1.13. The number of carbonyl (C=O) groups is 2. The van der Waals surface area contributed by atoms with Gasteiger partial charge in [-0.25, -0.2) is 14.4 Å². The lowest BCUT2D eigenvalue weighted by Crippen LogP contribution is -2.47. The van der Waals surface area contributed by atoms with Crippen molar-refractivity contribution in [1.82, 2.24) is 14.9 Å². The summed E-state index contributed by atoms with van der Waals surface area (Å²) in [6.07, 6.45) is -2.94. The molecular weight excluding hydrogens is 392 g/mol. The number of alkyl halides is 4. The van der Waals surface area contributed by atoms with E-state index in [2.05, 4.69) is 15.3 Å². The Bertz CT molecular complexity index is 993. The highest BCUT2D eigenvalue weighted by Crippen LogP contribution is 2.55. The summed E-state index contributed by atoms with van der Waals surface area (Å²) in [4.78, 5) is 34.1. The first kappa shape index (κ1) is 19.3. The molecule has 1 N–H and O–H groups in total. The van der Waals surface area contributed by atoms with Crippen molar-refractivity contribution in [1.29, 1.82) is 0 Å². The average molecular weight is 408 g/mol. The quantitative estimate of drug-likeness (QED) is 0.793. The average Bonchev–Trinajstić information content (AvgIpc) is 3.30. The third kappa shape index (κ3) is 3.43. The van der Waals surface area contributed by atoms with Crippen molar-refractivity contribution in [2.75, 3.05) is 18.4 Å². The fraction of sp³-hybridized carbons (Fsp3) is 0.368. The smallest absolute Gasteiger partial charge is 0.328 e. The summed E-state index contributed by atoms with van der Waals surface area (Å²) in [5.41, 5.74) is -1.28. The van der Waals surface area contributed by atoms with Crippen molar-refractivity contribution in [3.8, 4) is 0 Å². The van der Waals surface area contributed by atoms with E-state index in [1.807, 2.05) is 0 Å². The summed E-state index contributed by atoms with van der Waals surface area (Å²) < 4.78 is 53.4. The molecule has 1 aliphatic carbocycles. The van der Waals surface area contributed by atoms with E-state index in [-0.39, 0.29) is 36.6 Å². The van der Waals surface area contributed by atoms with Crippen molar-refractivity contribution < 1.29 is 27.2 Å². The van der Waals surface area contributed by atoms with Crippen molar-refractivity contribution in [2.45, 2.75) is 31.1 Å². The largest absolute Gasteiger partial charge is 0.416 e. The van der Waals surface area contributed by atoms with E-state index < -0.39 is 35.1 Å². The number of halogens is 4. The Balaban J connectivity index is 1.58. The van der Waals surface area contributed by atoms with Crippen molar-refractivity contribution in [2.24, 2.45) is 0 Å². The number of carbonyl (C=O) groups excluding carboxylic acids is 2. The second-order valence-corrected chi connectivity index (χ2v) is 7.38. The predicted octanol–water partition coefficient (Wildman–Crippen LogP) is 2.88. The first-order chi connectivity index (χ1) is 13.6. The van der Waals surface area contributed by atoms with Gasteiger partial charge < -0.3 is 4.90 Å². The van der Waals surface area contributed by atoms with Gasteiger partial charge in [-0.2, -0.15) is 13.2 Å². The van der Waals surface area contributed by atoms with E-state index in [0.29, 0.717) is 0 Å². The monoisotopic (exact) mass is 408 g/mol. The van der Waals surface area contributed by atoms with E-state index in [0.717, 1.165) is 28.7 Å². The van der Waals surface area contributed by atoms with E-state index in [4.69, 9.17) is 0 Å². The van der Waals surface area contributed by atoms with Crippen LogP contribution in [0, 0.1) is 6.92 Å². The number of benzene rings is 1. The summed E-state index contributed by atoms with van der Waals surface area (Å²) in [5, 5.41) is 2.45. The second-order valence-electron chi connectivity index (χ2n) is 7.38. The topological polar surface area (TPSA) is 75.2 Å². The summed E-state index contributed by atoms with van der Waals surface area (Å²) in [6.45, 7) is 1.23. The number of hydrogen-bond acceptors (Lipinski definition) is 4. The minimum absolute atomic E-state index is 0.00772. The SMILES string of the molecule is Cc1cnc(NC(=O)CN2C[C@@]3(C[C@H]3F)c3cc(C(F)(F)F)ccc3C2=O)nc1. The first-order valence-electron chi connectivity index (χ1n) is 8.84. The maximum Gasteiger partial charge on any atom is 0.416 e. The van der Waals surface area contributed by atoms with Crippen molar-refractivity contribution in [3.63, 3.8) is 0 Å². The van der Waals surface area contributed by atoms with Crippen LogP contribution in [0.2, 0.25) is 0 Å². The van der Waals surface area contributed by atoms with Gasteiger partial charge in [0.25, 0.3) is 5.91 Å². The Labute approximate surface area is 162 Å². The summed E-state index contributed by atoms with van der Waals surface area (Å²) in [7, 11) is 0. The third-order valence-corrected chi connectivity index (χ3v) is 5.22. The standard InChI is InChI=1S/C19H16F4N4O2/c1-10-6-24-17(25-7-10)26-15(28)8-27-9-18(5-14(18)20)13-4-11(19(21,22)23)2-3-12(13)16(27)29/h2-4,6-7,14H,5,8-9H2,1H3,(H,24,25,26,28)/t14-,18+/m1/s1. The van der Waals surface area contributed by atoms with Gasteiger partial charge in [0.2, 0.25) is 11.9 Å². The zero-order valence-electron chi connectivity index (χ0n) is 15.3. The lowest BCUT2D eigenvalue weighted by molar-refractivity contribution is -0.137. The Hall–Kier alpha value is -3.04. The Morgan fingerprint density at radius 2 is 1.97 bits per heavy atom. The third-order valence-electron chi connectivity index (χ3n) is 5.22. The lowest BCUT2D eigenvalue weighted by Gasteiger charge is -2.34. The van der Waals surface area contributed by atoms with Crippen LogP contribution < -0.4 is 5.32 Å². The maximum absolute atomic E-state index is 14.2. The van der Waals surface area contributed by atoms with E-state index in [9.17, 15) is 27.2 Å². The van der Waals surface area contributed by atoms with Gasteiger partial charge in [-0.15, -0.1) is 0 Å². The Morgan fingerprint density at radius 1 is 1.31 bits per heavy atom. The molecule has 152 valence electrons. The van der Waals surface area contributed by atoms with Crippen LogP contribution in [0.5, 0.6) is 0 Å². The number of hydrogen-bond donors (Lipinski definition) is 1. The van der Waals surface area contributed by atoms with Gasteiger partial charge in [0.1, 0.15) is 12.7 Å². The van der Waals surface area contributed by atoms with Gasteiger partial charge in [-0.1, -0.05) is 0 Å². The van der Waals surface area contributed by atoms with Crippen molar-refractivity contribution in [3.05, 3.63) is 52.8 Å². The van der Waals surface area contributed by atoms with Crippen LogP contribution in [0.4, 0.5) is 23.5 Å². The lowest BCUT2D eigenvalue weighted by atomic mass is 9.85. The van der Waals surface area contributed by atoms with Crippen LogP contribution in [0.1, 0.15) is 33.5 Å². The first-order valence-corrected chi connectivity index (χ1v) is 8.84. The molecule has 10 heteroatoms. The fourth-order valence-electron chi connectivity index (χ4n) is 3.61. The highest BCUT2D eigenvalue weighted by atomic mass is 19.4.